The average molecular weight is 238 g/mol. The third-order valence-corrected chi connectivity index (χ3v) is 3.16. The molecular formula is C10H14N4O3. The molecule has 0 spiro atoms. The molecule has 1 aromatic heterocycles. The molecule has 7 heteroatoms. The van der Waals surface area contributed by atoms with Crippen molar-refractivity contribution in [3.63, 3.8) is 0 Å². The van der Waals surface area contributed by atoms with E-state index in [1.807, 2.05) is 0 Å². The highest BCUT2D eigenvalue weighted by Gasteiger charge is 2.44. The van der Waals surface area contributed by atoms with Gasteiger partial charge in [-0.3, -0.25) is 9.59 Å². The summed E-state index contributed by atoms with van der Waals surface area (Å²) in [6.07, 6.45) is 4.96. The van der Waals surface area contributed by atoms with Crippen LogP contribution in [0.5, 0.6) is 0 Å². The number of nitrogens with zero attached hydrogens (tertiary/aromatic N) is 3. The number of hydrogen-bond acceptors (Lipinski definition) is 4. The Morgan fingerprint density at radius 1 is 1.47 bits per heavy atom. The molecule has 1 aliphatic rings. The molecular weight excluding hydrogens is 224 g/mol. The smallest absolute Gasteiger partial charge is 0.311 e. The second-order valence-electron chi connectivity index (χ2n) is 4.31. The third kappa shape index (κ3) is 2.43. The maximum absolute atomic E-state index is 11.5. The summed E-state index contributed by atoms with van der Waals surface area (Å²) >= 11 is 0. The first kappa shape index (κ1) is 11.6. The van der Waals surface area contributed by atoms with E-state index in [0.717, 1.165) is 6.42 Å². The Morgan fingerprint density at radius 2 is 2.24 bits per heavy atom. The average Bonchev–Trinajstić information content (AvgIpc) is 2.68. The second kappa shape index (κ2) is 4.52. The van der Waals surface area contributed by atoms with Crippen molar-refractivity contribution < 1.29 is 14.7 Å². The highest BCUT2D eigenvalue weighted by atomic mass is 16.4. The van der Waals surface area contributed by atoms with Crippen molar-refractivity contribution in [2.24, 2.45) is 5.41 Å². The molecule has 92 valence electrons. The first-order valence-corrected chi connectivity index (χ1v) is 5.45. The summed E-state index contributed by atoms with van der Waals surface area (Å²) in [5.74, 6) is -1.08. The van der Waals surface area contributed by atoms with Crippen molar-refractivity contribution in [2.75, 3.05) is 6.54 Å². The number of amides is 1. The number of carbonyl (C=O) groups is 2. The normalized spacial score (nSPS) is 17.2. The molecule has 0 radical (unpaired) electrons. The van der Waals surface area contributed by atoms with Gasteiger partial charge in [-0.05, 0) is 12.8 Å². The Morgan fingerprint density at radius 3 is 2.71 bits per heavy atom. The largest absolute Gasteiger partial charge is 0.481 e. The molecule has 0 atom stereocenters. The first-order chi connectivity index (χ1) is 8.12. The number of hydrogen-bond donors (Lipinski definition) is 2. The lowest BCUT2D eigenvalue weighted by Crippen LogP contribution is -2.48. The van der Waals surface area contributed by atoms with Gasteiger partial charge >= 0.3 is 5.97 Å². The molecule has 0 aliphatic heterocycles. The molecule has 1 aliphatic carbocycles. The fourth-order valence-corrected chi connectivity index (χ4v) is 1.85. The number of carboxylic acids is 1. The van der Waals surface area contributed by atoms with Crippen molar-refractivity contribution in [3.8, 4) is 0 Å². The Hall–Kier alpha value is -1.92. The Balaban J connectivity index is 1.82. The molecule has 1 fully saturated rings. The van der Waals surface area contributed by atoms with Crippen LogP contribution in [0, 0.1) is 5.41 Å². The summed E-state index contributed by atoms with van der Waals surface area (Å²) < 4.78 is 1.39. The van der Waals surface area contributed by atoms with Crippen molar-refractivity contribution in [3.05, 3.63) is 12.7 Å². The summed E-state index contributed by atoms with van der Waals surface area (Å²) in [4.78, 5) is 26.3. The predicted molar refractivity (Wildman–Crippen MR) is 57.0 cm³/mol. The third-order valence-electron chi connectivity index (χ3n) is 3.16. The van der Waals surface area contributed by atoms with Gasteiger partial charge in [0.05, 0.1) is 5.41 Å². The number of carbonyl (C=O) groups excluding carboxylic acids is 1. The summed E-state index contributed by atoms with van der Waals surface area (Å²) in [6.45, 7) is 0.256. The quantitative estimate of drug-likeness (QED) is 0.730. The lowest BCUT2D eigenvalue weighted by Gasteiger charge is -2.37. The van der Waals surface area contributed by atoms with E-state index in [2.05, 4.69) is 15.4 Å². The van der Waals surface area contributed by atoms with Gasteiger partial charge in [0.1, 0.15) is 19.2 Å². The second-order valence-corrected chi connectivity index (χ2v) is 4.31. The van der Waals surface area contributed by atoms with Crippen LogP contribution in [0.4, 0.5) is 0 Å². The maximum Gasteiger partial charge on any atom is 0.311 e. The molecule has 0 bridgehead atoms. The van der Waals surface area contributed by atoms with Gasteiger partial charge in [0.25, 0.3) is 0 Å². The summed E-state index contributed by atoms with van der Waals surface area (Å²) in [5.41, 5.74) is -0.752. The number of aromatic nitrogens is 3. The maximum atomic E-state index is 11.5. The van der Waals surface area contributed by atoms with E-state index >= 15 is 0 Å². The van der Waals surface area contributed by atoms with Gasteiger partial charge in [-0.25, -0.2) is 9.67 Å². The van der Waals surface area contributed by atoms with E-state index in [0.29, 0.717) is 12.8 Å². The SMILES string of the molecule is O=C(Cn1cncn1)NCC1(C(=O)O)CCC1. The van der Waals surface area contributed by atoms with Crippen LogP contribution in [0.15, 0.2) is 12.7 Å². The minimum absolute atomic E-state index is 0.0652. The Labute approximate surface area is 97.8 Å². The van der Waals surface area contributed by atoms with Gasteiger partial charge in [0.15, 0.2) is 0 Å². The number of nitrogens with one attached hydrogen (secondary N) is 1. The molecule has 1 saturated carbocycles. The fourth-order valence-electron chi connectivity index (χ4n) is 1.85. The number of rotatable bonds is 5. The Kier molecular flexibility index (Phi) is 3.08. The minimum Gasteiger partial charge on any atom is -0.481 e. The molecule has 0 saturated heterocycles. The zero-order valence-electron chi connectivity index (χ0n) is 9.30. The van der Waals surface area contributed by atoms with E-state index in [1.165, 1.54) is 17.3 Å². The van der Waals surface area contributed by atoms with Crippen LogP contribution >= 0.6 is 0 Å². The lowest BCUT2D eigenvalue weighted by atomic mass is 9.69. The van der Waals surface area contributed by atoms with Gasteiger partial charge in [-0.2, -0.15) is 5.10 Å². The monoisotopic (exact) mass is 238 g/mol. The molecule has 2 rings (SSSR count). The molecule has 17 heavy (non-hydrogen) atoms. The standard InChI is InChI=1S/C10H14N4O3/c15-8(4-14-7-11-6-13-14)12-5-10(9(16)17)2-1-3-10/h6-7H,1-5H2,(H,12,15)(H,16,17). The van der Waals surface area contributed by atoms with Crippen molar-refractivity contribution in [2.45, 2.75) is 25.8 Å². The van der Waals surface area contributed by atoms with Gasteiger partial charge < -0.3 is 10.4 Å². The minimum atomic E-state index is -0.829. The number of carboxylic acid groups (broad SMARTS) is 1. The molecule has 1 heterocycles. The topological polar surface area (TPSA) is 97.1 Å². The van der Waals surface area contributed by atoms with Crippen LogP contribution < -0.4 is 5.32 Å². The predicted octanol–water partition coefficient (Wildman–Crippen LogP) is -0.351. The molecule has 1 aromatic rings. The highest BCUT2D eigenvalue weighted by molar-refractivity contribution is 5.79. The van der Waals surface area contributed by atoms with Crippen molar-refractivity contribution >= 4 is 11.9 Å². The summed E-state index contributed by atoms with van der Waals surface area (Å²) in [6, 6.07) is 0. The van der Waals surface area contributed by atoms with Crippen molar-refractivity contribution in [1.82, 2.24) is 20.1 Å². The van der Waals surface area contributed by atoms with E-state index in [1.54, 1.807) is 0 Å². The van der Waals surface area contributed by atoms with Crippen LogP contribution in [-0.2, 0) is 16.1 Å². The zero-order chi connectivity index (χ0) is 12.3. The first-order valence-electron chi connectivity index (χ1n) is 5.45. The van der Waals surface area contributed by atoms with E-state index < -0.39 is 11.4 Å². The van der Waals surface area contributed by atoms with E-state index in [-0.39, 0.29) is 19.0 Å². The molecule has 7 nitrogen and oxygen atoms in total. The molecule has 2 N–H and O–H groups in total. The highest BCUT2D eigenvalue weighted by Crippen LogP contribution is 2.40. The van der Waals surface area contributed by atoms with Crippen LogP contribution in [0.1, 0.15) is 19.3 Å². The van der Waals surface area contributed by atoms with Gasteiger partial charge in [-0.15, -0.1) is 0 Å². The lowest BCUT2D eigenvalue weighted by molar-refractivity contribution is -0.154. The van der Waals surface area contributed by atoms with Gasteiger partial charge in [0.2, 0.25) is 5.91 Å². The van der Waals surface area contributed by atoms with E-state index in [4.69, 9.17) is 5.11 Å². The molecule has 0 unspecified atom stereocenters. The van der Waals surface area contributed by atoms with Gasteiger partial charge in [-0.1, -0.05) is 6.42 Å². The van der Waals surface area contributed by atoms with E-state index in [9.17, 15) is 9.59 Å². The van der Waals surface area contributed by atoms with Crippen molar-refractivity contribution in [1.29, 1.82) is 0 Å². The number of aliphatic carboxylic acids is 1. The summed E-state index contributed by atoms with van der Waals surface area (Å²) in [7, 11) is 0. The van der Waals surface area contributed by atoms with Crippen LogP contribution in [0.25, 0.3) is 0 Å². The molecule has 1 amide bonds. The van der Waals surface area contributed by atoms with Crippen LogP contribution in [-0.4, -0.2) is 38.3 Å². The van der Waals surface area contributed by atoms with Gasteiger partial charge in [0, 0.05) is 6.54 Å². The summed E-state index contributed by atoms with van der Waals surface area (Å²) in [5, 5.41) is 15.5. The van der Waals surface area contributed by atoms with Crippen LogP contribution in [0.3, 0.4) is 0 Å². The zero-order valence-corrected chi connectivity index (χ0v) is 9.30. The molecule has 0 aromatic carbocycles. The Bertz CT molecular complexity index is 411. The van der Waals surface area contributed by atoms with Crippen LogP contribution in [0.2, 0.25) is 0 Å². The fraction of sp³-hybridized carbons (Fsp3) is 0.600.